The summed E-state index contributed by atoms with van der Waals surface area (Å²) in [5.74, 6) is -2.85. The zero-order valence-corrected chi connectivity index (χ0v) is 12.2. The standard InChI is InChI=1S/C15H19F2N3/c1-14(2,3)12-8-19-20(9-12)10-13-6-5-11(7-18-13)15(4,16)17/h5-9H,10H2,1-4H3. The molecule has 0 aliphatic rings. The van der Waals surface area contributed by atoms with Crippen LogP contribution in [0.1, 0.15) is 44.5 Å². The number of pyridine rings is 1. The second kappa shape index (κ2) is 4.96. The Morgan fingerprint density at radius 3 is 2.20 bits per heavy atom. The first kappa shape index (κ1) is 14.6. The second-order valence-corrected chi connectivity index (χ2v) is 6.10. The SMILES string of the molecule is CC(C)(C)c1cnn(Cc2ccc(C(C)(F)F)cn2)c1. The lowest BCUT2D eigenvalue weighted by Gasteiger charge is -2.15. The lowest BCUT2D eigenvalue weighted by atomic mass is 9.90. The van der Waals surface area contributed by atoms with Gasteiger partial charge in [-0.25, -0.2) is 8.78 Å². The number of rotatable bonds is 3. The summed E-state index contributed by atoms with van der Waals surface area (Å²) in [6.07, 6.45) is 5.02. The van der Waals surface area contributed by atoms with Gasteiger partial charge in [-0.1, -0.05) is 20.8 Å². The summed E-state index contributed by atoms with van der Waals surface area (Å²) in [6.45, 7) is 7.69. The Labute approximate surface area is 117 Å². The molecule has 2 rings (SSSR count). The van der Waals surface area contributed by atoms with E-state index in [9.17, 15) is 8.78 Å². The third-order valence-corrected chi connectivity index (χ3v) is 3.15. The third-order valence-electron chi connectivity index (χ3n) is 3.15. The topological polar surface area (TPSA) is 30.7 Å². The monoisotopic (exact) mass is 279 g/mol. The molecule has 0 saturated heterocycles. The highest BCUT2D eigenvalue weighted by molar-refractivity contribution is 5.19. The van der Waals surface area contributed by atoms with E-state index in [1.165, 1.54) is 12.3 Å². The van der Waals surface area contributed by atoms with Crippen molar-refractivity contribution >= 4 is 0 Å². The largest absolute Gasteiger partial charge is 0.272 e. The zero-order chi connectivity index (χ0) is 15.0. The normalized spacial score (nSPS) is 12.7. The van der Waals surface area contributed by atoms with Crippen molar-refractivity contribution in [3.63, 3.8) is 0 Å². The molecule has 0 spiro atoms. The van der Waals surface area contributed by atoms with Crippen LogP contribution in [-0.4, -0.2) is 14.8 Å². The Morgan fingerprint density at radius 2 is 1.75 bits per heavy atom. The molecule has 0 amide bonds. The molecule has 0 aliphatic heterocycles. The van der Waals surface area contributed by atoms with Crippen LogP contribution >= 0.6 is 0 Å². The maximum atomic E-state index is 13.1. The summed E-state index contributed by atoms with van der Waals surface area (Å²) in [5.41, 5.74) is 1.81. The third kappa shape index (κ3) is 3.40. The van der Waals surface area contributed by atoms with Gasteiger partial charge in [0.2, 0.25) is 0 Å². The van der Waals surface area contributed by atoms with Crippen LogP contribution in [-0.2, 0) is 17.9 Å². The van der Waals surface area contributed by atoms with E-state index in [4.69, 9.17) is 0 Å². The van der Waals surface area contributed by atoms with Crippen molar-refractivity contribution in [1.29, 1.82) is 0 Å². The highest BCUT2D eigenvalue weighted by Crippen LogP contribution is 2.26. The quantitative estimate of drug-likeness (QED) is 0.857. The van der Waals surface area contributed by atoms with Gasteiger partial charge in [-0.3, -0.25) is 9.67 Å². The smallest absolute Gasteiger partial charge is 0.266 e. The van der Waals surface area contributed by atoms with E-state index in [1.54, 1.807) is 10.7 Å². The van der Waals surface area contributed by atoms with Gasteiger partial charge in [-0.05, 0) is 23.1 Å². The maximum absolute atomic E-state index is 13.1. The molecule has 0 N–H and O–H groups in total. The van der Waals surface area contributed by atoms with Gasteiger partial charge in [0.15, 0.2) is 0 Å². The van der Waals surface area contributed by atoms with Crippen molar-refractivity contribution in [2.24, 2.45) is 0 Å². The number of nitrogens with zero attached hydrogens (tertiary/aromatic N) is 3. The molecule has 0 fully saturated rings. The summed E-state index contributed by atoms with van der Waals surface area (Å²) in [5, 5.41) is 4.28. The maximum Gasteiger partial charge on any atom is 0.272 e. The average molecular weight is 279 g/mol. The van der Waals surface area contributed by atoms with Gasteiger partial charge >= 0.3 is 0 Å². The Morgan fingerprint density at radius 1 is 1.05 bits per heavy atom. The molecule has 3 nitrogen and oxygen atoms in total. The lowest BCUT2D eigenvalue weighted by Crippen LogP contribution is -2.10. The van der Waals surface area contributed by atoms with E-state index in [-0.39, 0.29) is 11.0 Å². The summed E-state index contributed by atoms with van der Waals surface area (Å²) >= 11 is 0. The van der Waals surface area contributed by atoms with Gasteiger partial charge in [0.1, 0.15) is 0 Å². The minimum absolute atomic E-state index is 0.0415. The minimum Gasteiger partial charge on any atom is -0.266 e. The molecule has 0 radical (unpaired) electrons. The summed E-state index contributed by atoms with van der Waals surface area (Å²) in [7, 11) is 0. The fourth-order valence-electron chi connectivity index (χ4n) is 1.78. The van der Waals surface area contributed by atoms with E-state index in [1.807, 2.05) is 12.4 Å². The van der Waals surface area contributed by atoms with Crippen LogP contribution in [0.3, 0.4) is 0 Å². The van der Waals surface area contributed by atoms with Gasteiger partial charge in [-0.2, -0.15) is 5.10 Å². The molecule has 0 bridgehead atoms. The van der Waals surface area contributed by atoms with Crippen molar-refractivity contribution in [2.45, 2.75) is 45.6 Å². The predicted octanol–water partition coefficient (Wildman–Crippen LogP) is 3.74. The first-order valence-corrected chi connectivity index (χ1v) is 6.52. The molecular formula is C15H19F2N3. The van der Waals surface area contributed by atoms with Gasteiger partial charge < -0.3 is 0 Å². The first-order chi connectivity index (χ1) is 9.16. The summed E-state index contributed by atoms with van der Waals surface area (Å²) in [4.78, 5) is 4.07. The molecule has 2 aromatic heterocycles. The summed E-state index contributed by atoms with van der Waals surface area (Å²) < 4.78 is 28.0. The van der Waals surface area contributed by atoms with Crippen molar-refractivity contribution in [2.75, 3.05) is 0 Å². The van der Waals surface area contributed by atoms with Gasteiger partial charge in [-0.15, -0.1) is 0 Å². The molecule has 5 heteroatoms. The molecule has 20 heavy (non-hydrogen) atoms. The zero-order valence-electron chi connectivity index (χ0n) is 12.2. The number of hydrogen-bond donors (Lipinski definition) is 0. The average Bonchev–Trinajstić information content (AvgIpc) is 2.77. The molecule has 108 valence electrons. The Balaban J connectivity index is 2.13. The van der Waals surface area contributed by atoms with Crippen LogP contribution < -0.4 is 0 Å². The number of hydrogen-bond acceptors (Lipinski definition) is 2. The molecule has 0 aromatic carbocycles. The van der Waals surface area contributed by atoms with Crippen LogP contribution in [0, 0.1) is 0 Å². The van der Waals surface area contributed by atoms with E-state index < -0.39 is 5.92 Å². The first-order valence-electron chi connectivity index (χ1n) is 6.52. The molecule has 0 saturated carbocycles. The van der Waals surface area contributed by atoms with Crippen LogP contribution in [0.5, 0.6) is 0 Å². The van der Waals surface area contributed by atoms with Crippen molar-refractivity contribution in [3.8, 4) is 0 Å². The van der Waals surface area contributed by atoms with Crippen molar-refractivity contribution in [3.05, 3.63) is 47.5 Å². The number of aromatic nitrogens is 3. The van der Waals surface area contributed by atoms with Crippen LogP contribution in [0.25, 0.3) is 0 Å². The summed E-state index contributed by atoms with van der Waals surface area (Å²) in [6, 6.07) is 3.03. The highest BCUT2D eigenvalue weighted by Gasteiger charge is 2.24. The van der Waals surface area contributed by atoms with Crippen LogP contribution in [0.15, 0.2) is 30.7 Å². The molecular weight excluding hydrogens is 260 g/mol. The van der Waals surface area contributed by atoms with Crippen molar-refractivity contribution < 1.29 is 8.78 Å². The van der Waals surface area contributed by atoms with E-state index >= 15 is 0 Å². The minimum atomic E-state index is -2.85. The van der Waals surface area contributed by atoms with Crippen LogP contribution in [0.2, 0.25) is 0 Å². The molecule has 2 heterocycles. The molecule has 0 aliphatic carbocycles. The predicted molar refractivity (Wildman–Crippen MR) is 73.8 cm³/mol. The Bertz CT molecular complexity index is 574. The number of halogens is 2. The lowest BCUT2D eigenvalue weighted by molar-refractivity contribution is 0.0171. The highest BCUT2D eigenvalue weighted by atomic mass is 19.3. The number of alkyl halides is 2. The second-order valence-electron chi connectivity index (χ2n) is 6.10. The fraction of sp³-hybridized carbons (Fsp3) is 0.467. The van der Waals surface area contributed by atoms with E-state index in [2.05, 4.69) is 30.9 Å². The van der Waals surface area contributed by atoms with Crippen molar-refractivity contribution in [1.82, 2.24) is 14.8 Å². The molecule has 0 atom stereocenters. The molecule has 2 aromatic rings. The van der Waals surface area contributed by atoms with Crippen LogP contribution in [0.4, 0.5) is 8.78 Å². The van der Waals surface area contributed by atoms with Gasteiger partial charge in [0.25, 0.3) is 5.92 Å². The Kier molecular flexibility index (Phi) is 3.63. The van der Waals surface area contributed by atoms with Gasteiger partial charge in [0.05, 0.1) is 18.4 Å². The van der Waals surface area contributed by atoms with E-state index in [0.29, 0.717) is 12.2 Å². The molecule has 0 unspecified atom stereocenters. The van der Waals surface area contributed by atoms with E-state index in [0.717, 1.165) is 12.5 Å². The Hall–Kier alpha value is -1.78. The fourth-order valence-corrected chi connectivity index (χ4v) is 1.78. The van der Waals surface area contributed by atoms with Gasteiger partial charge in [0, 0.05) is 24.9 Å².